The molecule has 17 heavy (non-hydrogen) atoms. The van der Waals surface area contributed by atoms with E-state index in [0.717, 1.165) is 17.9 Å². The third-order valence-corrected chi connectivity index (χ3v) is 3.37. The second-order valence-corrected chi connectivity index (χ2v) is 4.80. The topological polar surface area (TPSA) is 38.3 Å². The first-order valence-corrected chi connectivity index (χ1v) is 6.21. The Morgan fingerprint density at radius 1 is 1.53 bits per heavy atom. The fourth-order valence-corrected chi connectivity index (χ4v) is 2.15. The molecule has 0 radical (unpaired) electrons. The lowest BCUT2D eigenvalue weighted by Crippen LogP contribution is -2.32. The second-order valence-electron chi connectivity index (χ2n) is 4.36. The minimum atomic E-state index is -0.346. The van der Waals surface area contributed by atoms with Gasteiger partial charge >= 0.3 is 6.09 Å². The molecule has 0 heterocycles. The summed E-state index contributed by atoms with van der Waals surface area (Å²) < 4.78 is 4.85. The molecule has 3 nitrogen and oxygen atoms in total. The van der Waals surface area contributed by atoms with Gasteiger partial charge in [-0.25, -0.2) is 4.79 Å². The standard InChI is InChI=1S/C13H16ClNO2/c1-2-17-12(16)15-9-13(6-7-13)10-4-3-5-11(14)8-10/h3-5,8H,2,6-7,9H2,1H3,(H,15,16). The van der Waals surface area contributed by atoms with Crippen LogP contribution in [0, 0.1) is 0 Å². The van der Waals surface area contributed by atoms with Crippen molar-refractivity contribution in [3.63, 3.8) is 0 Å². The molecule has 1 aromatic carbocycles. The summed E-state index contributed by atoms with van der Waals surface area (Å²) in [5.74, 6) is 0. The van der Waals surface area contributed by atoms with Crippen LogP contribution in [0.1, 0.15) is 25.3 Å². The monoisotopic (exact) mass is 253 g/mol. The summed E-state index contributed by atoms with van der Waals surface area (Å²) in [6.07, 6.45) is 1.82. The lowest BCUT2D eigenvalue weighted by Gasteiger charge is -2.16. The predicted octanol–water partition coefficient (Wildman–Crippen LogP) is 3.12. The summed E-state index contributed by atoms with van der Waals surface area (Å²) in [5, 5.41) is 3.54. The maximum absolute atomic E-state index is 11.3. The van der Waals surface area contributed by atoms with Crippen LogP contribution in [0.2, 0.25) is 5.02 Å². The van der Waals surface area contributed by atoms with Gasteiger partial charge in [0.15, 0.2) is 0 Å². The van der Waals surface area contributed by atoms with Crippen molar-refractivity contribution in [1.29, 1.82) is 0 Å². The summed E-state index contributed by atoms with van der Waals surface area (Å²) in [6, 6.07) is 7.84. The Kier molecular flexibility index (Phi) is 3.57. The summed E-state index contributed by atoms with van der Waals surface area (Å²) in [7, 11) is 0. The van der Waals surface area contributed by atoms with Crippen LogP contribution >= 0.6 is 11.6 Å². The lowest BCUT2D eigenvalue weighted by atomic mass is 9.96. The van der Waals surface area contributed by atoms with Crippen LogP contribution in [0.15, 0.2) is 24.3 Å². The molecule has 0 unspecified atom stereocenters. The van der Waals surface area contributed by atoms with Gasteiger partial charge < -0.3 is 10.1 Å². The van der Waals surface area contributed by atoms with Gasteiger partial charge in [-0.15, -0.1) is 0 Å². The van der Waals surface area contributed by atoms with Crippen molar-refractivity contribution in [1.82, 2.24) is 5.32 Å². The molecule has 0 aliphatic heterocycles. The smallest absolute Gasteiger partial charge is 0.407 e. The lowest BCUT2D eigenvalue weighted by molar-refractivity contribution is 0.151. The molecule has 1 N–H and O–H groups in total. The summed E-state index contributed by atoms with van der Waals surface area (Å²) in [4.78, 5) is 11.3. The Bertz CT molecular complexity index is 416. The minimum absolute atomic E-state index is 0.0671. The fourth-order valence-electron chi connectivity index (χ4n) is 1.96. The second kappa shape index (κ2) is 4.96. The summed E-state index contributed by atoms with van der Waals surface area (Å²) >= 11 is 5.98. The Morgan fingerprint density at radius 3 is 2.88 bits per heavy atom. The van der Waals surface area contributed by atoms with Crippen molar-refractivity contribution in [3.05, 3.63) is 34.9 Å². The molecule has 1 aliphatic rings. The van der Waals surface area contributed by atoms with Crippen LogP contribution < -0.4 is 5.32 Å². The Hall–Kier alpha value is -1.22. The van der Waals surface area contributed by atoms with Gasteiger partial charge in [-0.3, -0.25) is 0 Å². The van der Waals surface area contributed by atoms with Crippen LogP contribution in [0.3, 0.4) is 0 Å². The van der Waals surface area contributed by atoms with E-state index in [1.807, 2.05) is 18.2 Å². The van der Waals surface area contributed by atoms with Gasteiger partial charge in [0, 0.05) is 17.0 Å². The number of nitrogens with one attached hydrogen (secondary N) is 1. The average Bonchev–Trinajstić information content (AvgIpc) is 3.08. The number of carbonyl (C=O) groups excluding carboxylic acids is 1. The highest BCUT2D eigenvalue weighted by Gasteiger charge is 2.44. The molecule has 0 atom stereocenters. The van der Waals surface area contributed by atoms with Crippen LogP contribution in [0.25, 0.3) is 0 Å². The third kappa shape index (κ3) is 2.91. The SMILES string of the molecule is CCOC(=O)NCC1(c2cccc(Cl)c2)CC1. The van der Waals surface area contributed by atoms with E-state index in [9.17, 15) is 4.79 Å². The van der Waals surface area contributed by atoms with Gasteiger partial charge in [-0.2, -0.15) is 0 Å². The van der Waals surface area contributed by atoms with E-state index in [4.69, 9.17) is 16.3 Å². The first kappa shape index (κ1) is 12.2. The first-order chi connectivity index (χ1) is 8.16. The molecular formula is C13H16ClNO2. The Morgan fingerprint density at radius 2 is 2.29 bits per heavy atom. The number of hydrogen-bond acceptors (Lipinski definition) is 2. The van der Waals surface area contributed by atoms with Crippen LogP contribution in [0.4, 0.5) is 4.79 Å². The summed E-state index contributed by atoms with van der Waals surface area (Å²) in [6.45, 7) is 2.81. The van der Waals surface area contributed by atoms with Crippen molar-refractivity contribution in [3.8, 4) is 0 Å². The molecule has 1 fully saturated rings. The molecular weight excluding hydrogens is 238 g/mol. The molecule has 0 aromatic heterocycles. The molecule has 0 spiro atoms. The number of halogens is 1. The highest BCUT2D eigenvalue weighted by molar-refractivity contribution is 6.30. The number of carbonyl (C=O) groups is 1. The molecule has 1 saturated carbocycles. The number of amides is 1. The molecule has 4 heteroatoms. The first-order valence-electron chi connectivity index (χ1n) is 5.83. The zero-order valence-electron chi connectivity index (χ0n) is 9.83. The number of alkyl carbamates (subject to hydrolysis) is 1. The van der Waals surface area contributed by atoms with Gasteiger partial charge in [0.25, 0.3) is 0 Å². The van der Waals surface area contributed by atoms with Gasteiger partial charge in [0.2, 0.25) is 0 Å². The zero-order chi connectivity index (χ0) is 12.3. The van der Waals surface area contributed by atoms with E-state index in [1.54, 1.807) is 6.92 Å². The van der Waals surface area contributed by atoms with E-state index in [-0.39, 0.29) is 11.5 Å². The normalized spacial score (nSPS) is 16.4. The third-order valence-electron chi connectivity index (χ3n) is 3.14. The van der Waals surface area contributed by atoms with E-state index in [0.29, 0.717) is 13.2 Å². The van der Waals surface area contributed by atoms with Crippen LogP contribution in [0.5, 0.6) is 0 Å². The number of rotatable bonds is 4. The predicted molar refractivity (Wildman–Crippen MR) is 67.4 cm³/mol. The molecule has 2 rings (SSSR count). The summed E-state index contributed by atoms with van der Waals surface area (Å²) in [5.41, 5.74) is 1.26. The van der Waals surface area contributed by atoms with Crippen molar-refractivity contribution in [2.75, 3.05) is 13.2 Å². The van der Waals surface area contributed by atoms with E-state index >= 15 is 0 Å². The van der Waals surface area contributed by atoms with Gasteiger partial charge in [0.1, 0.15) is 0 Å². The minimum Gasteiger partial charge on any atom is -0.450 e. The number of benzene rings is 1. The van der Waals surface area contributed by atoms with Crippen LogP contribution in [-0.2, 0) is 10.2 Å². The van der Waals surface area contributed by atoms with Crippen molar-refractivity contribution >= 4 is 17.7 Å². The number of ether oxygens (including phenoxy) is 1. The van der Waals surface area contributed by atoms with Crippen molar-refractivity contribution in [2.45, 2.75) is 25.2 Å². The average molecular weight is 254 g/mol. The fraction of sp³-hybridized carbons (Fsp3) is 0.462. The Balaban J connectivity index is 1.98. The van der Waals surface area contributed by atoms with E-state index in [2.05, 4.69) is 11.4 Å². The Labute approximate surface area is 106 Å². The molecule has 92 valence electrons. The van der Waals surface area contributed by atoms with Crippen molar-refractivity contribution < 1.29 is 9.53 Å². The van der Waals surface area contributed by atoms with Crippen LogP contribution in [-0.4, -0.2) is 19.2 Å². The maximum Gasteiger partial charge on any atom is 0.407 e. The highest BCUT2D eigenvalue weighted by Crippen LogP contribution is 2.48. The van der Waals surface area contributed by atoms with Gasteiger partial charge in [0.05, 0.1) is 6.61 Å². The van der Waals surface area contributed by atoms with Gasteiger partial charge in [-0.05, 0) is 37.5 Å². The quantitative estimate of drug-likeness (QED) is 0.895. The molecule has 1 aliphatic carbocycles. The number of hydrogen-bond donors (Lipinski definition) is 1. The van der Waals surface area contributed by atoms with Crippen molar-refractivity contribution in [2.24, 2.45) is 0 Å². The molecule has 1 amide bonds. The molecule has 0 bridgehead atoms. The molecule has 1 aromatic rings. The highest BCUT2D eigenvalue weighted by atomic mass is 35.5. The van der Waals surface area contributed by atoms with E-state index < -0.39 is 0 Å². The largest absolute Gasteiger partial charge is 0.450 e. The molecule has 0 saturated heterocycles. The van der Waals surface area contributed by atoms with E-state index in [1.165, 1.54) is 5.56 Å². The zero-order valence-corrected chi connectivity index (χ0v) is 10.6. The maximum atomic E-state index is 11.3. The van der Waals surface area contributed by atoms with Gasteiger partial charge in [-0.1, -0.05) is 23.7 Å².